The van der Waals surface area contributed by atoms with E-state index in [1.165, 1.54) is 12.1 Å². The molecule has 2 rings (SSSR count). The Morgan fingerprint density at radius 3 is 3.00 bits per heavy atom. The molecule has 1 aliphatic heterocycles. The molecule has 1 amide bonds. The fourth-order valence-corrected chi connectivity index (χ4v) is 2.50. The van der Waals surface area contributed by atoms with Crippen molar-refractivity contribution in [3.05, 3.63) is 35.6 Å². The normalized spacial score (nSPS) is 18.2. The van der Waals surface area contributed by atoms with E-state index in [0.717, 1.165) is 24.9 Å². The summed E-state index contributed by atoms with van der Waals surface area (Å²) in [6, 6.07) is 6.63. The number of rotatable bonds is 4. The molecule has 1 unspecified atom stereocenters. The van der Waals surface area contributed by atoms with Gasteiger partial charge in [0.2, 0.25) is 5.91 Å². The summed E-state index contributed by atoms with van der Waals surface area (Å²) >= 11 is 0. The number of benzene rings is 1. The summed E-state index contributed by atoms with van der Waals surface area (Å²) in [6.07, 6.45) is 2.42. The minimum atomic E-state index is -0.234. The van der Waals surface area contributed by atoms with Crippen molar-refractivity contribution in [2.24, 2.45) is 0 Å². The molecule has 1 heterocycles. The molecule has 1 aromatic carbocycles. The van der Waals surface area contributed by atoms with Gasteiger partial charge >= 0.3 is 0 Å². The Balaban J connectivity index is 0.00000180. The maximum atomic E-state index is 13.2. The van der Waals surface area contributed by atoms with E-state index in [1.807, 2.05) is 18.0 Å². The maximum Gasteiger partial charge on any atom is 0.224 e. The van der Waals surface area contributed by atoms with Crippen LogP contribution >= 0.6 is 12.4 Å². The highest BCUT2D eigenvalue weighted by Gasteiger charge is 2.29. The highest BCUT2D eigenvalue weighted by molar-refractivity contribution is 5.85. The molecule has 1 N–H and O–H groups in total. The van der Waals surface area contributed by atoms with Crippen LogP contribution in [0.4, 0.5) is 4.39 Å². The number of likely N-dealkylation sites (tertiary alicyclic amines) is 1. The average molecular weight is 287 g/mol. The van der Waals surface area contributed by atoms with Crippen molar-refractivity contribution in [2.45, 2.75) is 25.3 Å². The highest BCUT2D eigenvalue weighted by Crippen LogP contribution is 2.32. The summed E-state index contributed by atoms with van der Waals surface area (Å²) in [5, 5.41) is 2.98. The van der Waals surface area contributed by atoms with E-state index >= 15 is 0 Å². The van der Waals surface area contributed by atoms with Crippen molar-refractivity contribution in [3.63, 3.8) is 0 Å². The molecule has 0 spiro atoms. The molecule has 106 valence electrons. The van der Waals surface area contributed by atoms with Gasteiger partial charge in [-0.15, -0.1) is 12.4 Å². The van der Waals surface area contributed by atoms with Gasteiger partial charge in [-0.05, 0) is 37.6 Å². The monoisotopic (exact) mass is 286 g/mol. The molecular formula is C14H20ClFN2O. The number of carbonyl (C=O) groups excluding carboxylic acids is 1. The van der Waals surface area contributed by atoms with Crippen LogP contribution < -0.4 is 5.32 Å². The van der Waals surface area contributed by atoms with E-state index in [9.17, 15) is 9.18 Å². The zero-order valence-electron chi connectivity index (χ0n) is 11.1. The van der Waals surface area contributed by atoms with E-state index in [1.54, 1.807) is 6.07 Å². The summed E-state index contributed by atoms with van der Waals surface area (Å²) in [5.74, 6) is -0.0851. The maximum absolute atomic E-state index is 13.2. The Labute approximate surface area is 119 Å². The first-order chi connectivity index (χ1) is 8.72. The highest BCUT2D eigenvalue weighted by atomic mass is 35.5. The number of hydrogen-bond acceptors (Lipinski definition) is 2. The topological polar surface area (TPSA) is 32.3 Å². The first kappa shape index (κ1) is 15.9. The number of amides is 1. The second-order valence-corrected chi connectivity index (χ2v) is 4.65. The molecule has 1 aromatic rings. The van der Waals surface area contributed by atoms with E-state index < -0.39 is 0 Å². The average Bonchev–Trinajstić information content (AvgIpc) is 2.85. The Morgan fingerprint density at radius 1 is 1.53 bits per heavy atom. The van der Waals surface area contributed by atoms with Gasteiger partial charge in [-0.1, -0.05) is 12.1 Å². The lowest BCUT2D eigenvalue weighted by Crippen LogP contribution is -2.32. The molecule has 0 aliphatic carbocycles. The predicted molar refractivity (Wildman–Crippen MR) is 75.9 cm³/mol. The van der Waals surface area contributed by atoms with Gasteiger partial charge in [0.1, 0.15) is 5.82 Å². The summed E-state index contributed by atoms with van der Waals surface area (Å²) in [4.78, 5) is 13.9. The van der Waals surface area contributed by atoms with Crippen LogP contribution in [-0.4, -0.2) is 30.9 Å². The molecule has 1 atom stereocenters. The van der Waals surface area contributed by atoms with Crippen LogP contribution in [0.15, 0.2) is 24.3 Å². The molecule has 0 aromatic heterocycles. The third-order valence-corrected chi connectivity index (χ3v) is 3.40. The van der Waals surface area contributed by atoms with Crippen molar-refractivity contribution in [1.82, 2.24) is 10.2 Å². The van der Waals surface area contributed by atoms with Crippen molar-refractivity contribution in [1.29, 1.82) is 0 Å². The Kier molecular flexibility index (Phi) is 6.25. The standard InChI is InChI=1S/C14H19FN2O.ClH/c1-16-8-7-14(18)17-9-3-6-13(17)11-4-2-5-12(15)10-11;/h2,4-5,10,13,16H,3,6-9H2,1H3;1H. The molecular weight excluding hydrogens is 267 g/mol. The Hall–Kier alpha value is -1.13. The van der Waals surface area contributed by atoms with Crippen LogP contribution in [-0.2, 0) is 4.79 Å². The van der Waals surface area contributed by atoms with Gasteiger partial charge in [0.25, 0.3) is 0 Å². The summed E-state index contributed by atoms with van der Waals surface area (Å²) < 4.78 is 13.2. The molecule has 0 bridgehead atoms. The van der Waals surface area contributed by atoms with Crippen molar-refractivity contribution in [3.8, 4) is 0 Å². The summed E-state index contributed by atoms with van der Waals surface area (Å²) in [7, 11) is 1.83. The minimum absolute atomic E-state index is 0. The Bertz CT molecular complexity index is 428. The molecule has 1 fully saturated rings. The fourth-order valence-electron chi connectivity index (χ4n) is 2.50. The molecule has 19 heavy (non-hydrogen) atoms. The van der Waals surface area contributed by atoms with Crippen LogP contribution in [0.3, 0.4) is 0 Å². The van der Waals surface area contributed by atoms with Crippen LogP contribution in [0.25, 0.3) is 0 Å². The molecule has 1 aliphatic rings. The predicted octanol–water partition coefficient (Wildman–Crippen LogP) is 2.52. The SMILES string of the molecule is CNCCC(=O)N1CCCC1c1cccc(F)c1.Cl. The van der Waals surface area contributed by atoms with Gasteiger partial charge in [0.15, 0.2) is 0 Å². The summed E-state index contributed by atoms with van der Waals surface area (Å²) in [5.41, 5.74) is 0.908. The van der Waals surface area contributed by atoms with E-state index in [-0.39, 0.29) is 30.2 Å². The zero-order chi connectivity index (χ0) is 13.0. The van der Waals surface area contributed by atoms with Gasteiger partial charge in [-0.2, -0.15) is 0 Å². The third-order valence-electron chi connectivity index (χ3n) is 3.40. The lowest BCUT2D eigenvalue weighted by Gasteiger charge is -2.25. The quantitative estimate of drug-likeness (QED) is 0.922. The number of hydrogen-bond donors (Lipinski definition) is 1. The lowest BCUT2D eigenvalue weighted by atomic mass is 10.0. The van der Waals surface area contributed by atoms with E-state index in [2.05, 4.69) is 5.32 Å². The van der Waals surface area contributed by atoms with Crippen LogP contribution in [0.2, 0.25) is 0 Å². The van der Waals surface area contributed by atoms with Gasteiger partial charge in [0.05, 0.1) is 6.04 Å². The third kappa shape index (κ3) is 3.91. The Morgan fingerprint density at radius 2 is 2.32 bits per heavy atom. The lowest BCUT2D eigenvalue weighted by molar-refractivity contribution is -0.132. The first-order valence-corrected chi connectivity index (χ1v) is 6.42. The van der Waals surface area contributed by atoms with Gasteiger partial charge in [-0.3, -0.25) is 4.79 Å². The molecule has 5 heteroatoms. The smallest absolute Gasteiger partial charge is 0.224 e. The van der Waals surface area contributed by atoms with Gasteiger partial charge in [0, 0.05) is 19.5 Å². The number of halogens is 2. The molecule has 0 radical (unpaired) electrons. The first-order valence-electron chi connectivity index (χ1n) is 6.42. The second kappa shape index (κ2) is 7.46. The molecule has 1 saturated heterocycles. The number of nitrogens with one attached hydrogen (secondary N) is 1. The number of nitrogens with zero attached hydrogens (tertiary/aromatic N) is 1. The van der Waals surface area contributed by atoms with Crippen molar-refractivity contribution < 1.29 is 9.18 Å². The van der Waals surface area contributed by atoms with Crippen molar-refractivity contribution >= 4 is 18.3 Å². The zero-order valence-corrected chi connectivity index (χ0v) is 11.9. The van der Waals surface area contributed by atoms with Crippen molar-refractivity contribution in [2.75, 3.05) is 20.1 Å². The second-order valence-electron chi connectivity index (χ2n) is 4.65. The van der Waals surface area contributed by atoms with E-state index in [0.29, 0.717) is 13.0 Å². The van der Waals surface area contributed by atoms with E-state index in [4.69, 9.17) is 0 Å². The fraction of sp³-hybridized carbons (Fsp3) is 0.500. The number of carbonyl (C=O) groups is 1. The van der Waals surface area contributed by atoms with Gasteiger partial charge in [-0.25, -0.2) is 4.39 Å². The van der Waals surface area contributed by atoms with Crippen LogP contribution in [0.5, 0.6) is 0 Å². The molecule has 3 nitrogen and oxygen atoms in total. The minimum Gasteiger partial charge on any atom is -0.336 e. The summed E-state index contributed by atoms with van der Waals surface area (Å²) in [6.45, 7) is 1.47. The molecule has 0 saturated carbocycles. The largest absolute Gasteiger partial charge is 0.336 e. The van der Waals surface area contributed by atoms with Crippen LogP contribution in [0, 0.1) is 5.82 Å². The van der Waals surface area contributed by atoms with Crippen LogP contribution in [0.1, 0.15) is 30.9 Å². The van der Waals surface area contributed by atoms with Gasteiger partial charge < -0.3 is 10.2 Å².